The van der Waals surface area contributed by atoms with Gasteiger partial charge in [-0.3, -0.25) is 0 Å². The Balaban J connectivity index is 0.927. The van der Waals surface area contributed by atoms with Gasteiger partial charge >= 0.3 is 0 Å². The second-order valence-corrected chi connectivity index (χ2v) is 18.8. The van der Waals surface area contributed by atoms with Crippen molar-refractivity contribution < 1.29 is 0 Å². The molecule has 0 spiro atoms. The highest BCUT2D eigenvalue weighted by atomic mass is 32.1. The van der Waals surface area contributed by atoms with Crippen LogP contribution in [0.1, 0.15) is 25.0 Å². The zero-order valence-electron chi connectivity index (χ0n) is 35.6. The number of aromatic nitrogens is 1. The van der Waals surface area contributed by atoms with Gasteiger partial charge in [0.2, 0.25) is 0 Å². The molecule has 2 nitrogen and oxygen atoms in total. The van der Waals surface area contributed by atoms with Crippen LogP contribution in [0.4, 0.5) is 17.1 Å². The fourth-order valence-corrected chi connectivity index (χ4v) is 11.9. The molecule has 1 aliphatic carbocycles. The fourth-order valence-electron chi connectivity index (χ4n) is 10.6. The smallest absolute Gasteiger partial charge is 0.0633 e. The van der Waals surface area contributed by atoms with Gasteiger partial charge in [-0.15, -0.1) is 11.3 Å². The maximum absolute atomic E-state index is 2.47. The first-order chi connectivity index (χ1) is 31.5. The normalized spacial score (nSPS) is 13.0. The van der Waals surface area contributed by atoms with E-state index in [1.807, 2.05) is 11.3 Å². The van der Waals surface area contributed by atoms with Gasteiger partial charge in [0.25, 0.3) is 0 Å². The lowest BCUT2D eigenvalue weighted by atomic mass is 9.82. The van der Waals surface area contributed by atoms with Crippen LogP contribution in [-0.2, 0) is 5.41 Å². The maximum Gasteiger partial charge on any atom is 0.0633 e. The summed E-state index contributed by atoms with van der Waals surface area (Å²) < 4.78 is 5.10. The summed E-state index contributed by atoms with van der Waals surface area (Å²) in [6.07, 6.45) is 0. The van der Waals surface area contributed by atoms with Gasteiger partial charge in [-0.05, 0) is 117 Å². The van der Waals surface area contributed by atoms with E-state index >= 15 is 0 Å². The average Bonchev–Trinajstić information content (AvgIpc) is 3.98. The van der Waals surface area contributed by atoms with Crippen molar-refractivity contribution in [1.29, 1.82) is 0 Å². The molecule has 3 heteroatoms. The minimum Gasteiger partial charge on any atom is -0.310 e. The van der Waals surface area contributed by atoms with E-state index in [4.69, 9.17) is 0 Å². The summed E-state index contributed by atoms with van der Waals surface area (Å²) in [4.78, 5) is 2.41. The molecule has 0 saturated carbocycles. The first kappa shape index (κ1) is 36.9. The van der Waals surface area contributed by atoms with Crippen molar-refractivity contribution >= 4 is 81.1 Å². The molecule has 0 aliphatic heterocycles. The molecule has 0 fully saturated rings. The second-order valence-electron chi connectivity index (χ2n) is 17.7. The Morgan fingerprint density at radius 1 is 0.422 bits per heavy atom. The lowest BCUT2D eigenvalue weighted by molar-refractivity contribution is 0.660. The Hall–Kier alpha value is -7.72. The molecule has 0 amide bonds. The second kappa shape index (κ2) is 14.2. The number of rotatable bonds is 6. The predicted octanol–water partition coefficient (Wildman–Crippen LogP) is 17.4. The van der Waals surface area contributed by atoms with E-state index in [1.165, 1.54) is 103 Å². The minimum absolute atomic E-state index is 0.0995. The Labute approximate surface area is 376 Å². The van der Waals surface area contributed by atoms with E-state index in [0.717, 1.165) is 17.1 Å². The van der Waals surface area contributed by atoms with Crippen molar-refractivity contribution in [3.05, 3.63) is 230 Å². The summed E-state index contributed by atoms with van der Waals surface area (Å²) in [6.45, 7) is 4.71. The van der Waals surface area contributed by atoms with Crippen LogP contribution >= 0.6 is 11.3 Å². The molecule has 302 valence electrons. The molecular weight excluding hydrogens is 793 g/mol. The van der Waals surface area contributed by atoms with E-state index in [9.17, 15) is 0 Å². The minimum atomic E-state index is -0.0995. The number of thiophene rings is 1. The van der Waals surface area contributed by atoms with E-state index < -0.39 is 0 Å². The molecule has 0 saturated heterocycles. The Kier molecular flexibility index (Phi) is 8.16. The lowest BCUT2D eigenvalue weighted by Gasteiger charge is -2.28. The van der Waals surface area contributed by atoms with Crippen molar-refractivity contribution in [3.8, 4) is 39.1 Å². The molecule has 2 heterocycles. The molecular formula is C61H42N2S. The van der Waals surface area contributed by atoms with Gasteiger partial charge in [-0.1, -0.05) is 166 Å². The van der Waals surface area contributed by atoms with Crippen LogP contribution in [0.15, 0.2) is 218 Å². The molecule has 12 aromatic rings. The van der Waals surface area contributed by atoms with E-state index in [0.29, 0.717) is 0 Å². The first-order valence-corrected chi connectivity index (χ1v) is 23.0. The SMILES string of the molecule is CC1(C)c2ccccc2-c2ccc(N(c3ccc(-c4ccccc4)cc3)c3ccc(-c4ccc5sc6c(ccc7ccc8c9ccccc9n(-c9ccccc9)c8c76)c5c4)cc3)cc21. The summed E-state index contributed by atoms with van der Waals surface area (Å²) >= 11 is 1.91. The van der Waals surface area contributed by atoms with Crippen LogP contribution < -0.4 is 4.90 Å². The van der Waals surface area contributed by atoms with E-state index in [2.05, 4.69) is 242 Å². The zero-order valence-corrected chi connectivity index (χ0v) is 36.4. The molecule has 0 bridgehead atoms. The van der Waals surface area contributed by atoms with E-state index in [1.54, 1.807) is 0 Å². The van der Waals surface area contributed by atoms with Gasteiger partial charge in [0.05, 0.1) is 11.0 Å². The van der Waals surface area contributed by atoms with Gasteiger partial charge in [-0.25, -0.2) is 0 Å². The van der Waals surface area contributed by atoms with Crippen LogP contribution in [0.2, 0.25) is 0 Å². The molecule has 0 radical (unpaired) electrons. The van der Waals surface area contributed by atoms with Crippen molar-refractivity contribution in [2.45, 2.75) is 19.3 Å². The lowest BCUT2D eigenvalue weighted by Crippen LogP contribution is -2.16. The number of nitrogens with zero attached hydrogens (tertiary/aromatic N) is 2. The number of hydrogen-bond donors (Lipinski definition) is 0. The Bertz CT molecular complexity index is 3780. The number of fused-ring (bicyclic) bond motifs is 12. The Morgan fingerprint density at radius 3 is 1.78 bits per heavy atom. The summed E-state index contributed by atoms with van der Waals surface area (Å²) in [6, 6.07) is 80.7. The van der Waals surface area contributed by atoms with Crippen LogP contribution in [-0.4, -0.2) is 4.57 Å². The molecule has 0 unspecified atom stereocenters. The summed E-state index contributed by atoms with van der Waals surface area (Å²) in [7, 11) is 0. The van der Waals surface area contributed by atoms with Gasteiger partial charge in [0, 0.05) is 64.5 Å². The van der Waals surface area contributed by atoms with Crippen molar-refractivity contribution in [1.82, 2.24) is 4.57 Å². The molecule has 0 N–H and O–H groups in total. The van der Waals surface area contributed by atoms with Crippen molar-refractivity contribution in [2.24, 2.45) is 0 Å². The van der Waals surface area contributed by atoms with Gasteiger partial charge in [0.1, 0.15) is 0 Å². The largest absolute Gasteiger partial charge is 0.310 e. The summed E-state index contributed by atoms with van der Waals surface area (Å²) in [5, 5.41) is 7.74. The summed E-state index contributed by atoms with van der Waals surface area (Å²) in [5.74, 6) is 0. The third-order valence-corrected chi connectivity index (χ3v) is 15.0. The monoisotopic (exact) mass is 834 g/mol. The van der Waals surface area contributed by atoms with Crippen LogP contribution in [0.25, 0.3) is 91.8 Å². The van der Waals surface area contributed by atoms with E-state index in [-0.39, 0.29) is 5.41 Å². The highest BCUT2D eigenvalue weighted by Gasteiger charge is 2.35. The number of para-hydroxylation sites is 2. The third-order valence-electron chi connectivity index (χ3n) is 13.8. The third kappa shape index (κ3) is 5.57. The molecule has 10 aromatic carbocycles. The number of hydrogen-bond acceptors (Lipinski definition) is 2. The standard InChI is InChI=1S/C61H42N2S/c1-61(2)54-19-11-9-17-48(54)49-35-32-47(38-55(49)61)62(45-28-21-40(22-29-45)39-13-5-3-6-14-39)46-30-23-41(24-31-46)43-27-36-57-53(37-43)52-34-26-42-25-33-51-50-18-10-12-20-56(50)63(44-15-7-4-8-16-44)59(51)58(42)60(52)64-57/h3-38H,1-2H3. The summed E-state index contributed by atoms with van der Waals surface area (Å²) in [5.41, 5.74) is 17.2. The zero-order chi connectivity index (χ0) is 42.5. The highest BCUT2D eigenvalue weighted by Crippen LogP contribution is 2.51. The maximum atomic E-state index is 2.47. The highest BCUT2D eigenvalue weighted by molar-refractivity contribution is 7.26. The molecule has 64 heavy (non-hydrogen) atoms. The quantitative estimate of drug-likeness (QED) is 0.162. The molecule has 2 aromatic heterocycles. The van der Waals surface area contributed by atoms with Crippen LogP contribution in [0, 0.1) is 0 Å². The number of anilines is 3. The first-order valence-electron chi connectivity index (χ1n) is 22.2. The Morgan fingerprint density at radius 2 is 1.02 bits per heavy atom. The molecule has 13 rings (SSSR count). The average molecular weight is 835 g/mol. The molecule has 0 atom stereocenters. The molecule has 1 aliphatic rings. The van der Waals surface area contributed by atoms with Crippen molar-refractivity contribution in [2.75, 3.05) is 4.90 Å². The van der Waals surface area contributed by atoms with Gasteiger partial charge in [0.15, 0.2) is 0 Å². The number of benzene rings is 10. The topological polar surface area (TPSA) is 8.17 Å². The van der Waals surface area contributed by atoms with Crippen molar-refractivity contribution in [3.63, 3.8) is 0 Å². The van der Waals surface area contributed by atoms with Gasteiger partial charge < -0.3 is 9.47 Å². The fraction of sp³-hybridized carbons (Fsp3) is 0.0492. The van der Waals surface area contributed by atoms with Crippen LogP contribution in [0.5, 0.6) is 0 Å². The van der Waals surface area contributed by atoms with Gasteiger partial charge in [-0.2, -0.15) is 0 Å². The predicted molar refractivity (Wildman–Crippen MR) is 274 cm³/mol. The van der Waals surface area contributed by atoms with Crippen LogP contribution in [0.3, 0.4) is 0 Å².